The van der Waals surface area contributed by atoms with Gasteiger partial charge in [0, 0.05) is 5.41 Å². The third kappa shape index (κ3) is 3.83. The fourth-order valence-corrected chi connectivity index (χ4v) is 6.98. The molecule has 0 aromatic heterocycles. The Morgan fingerprint density at radius 2 is 2.03 bits per heavy atom. The van der Waals surface area contributed by atoms with Gasteiger partial charge in [-0.2, -0.15) is 0 Å². The Morgan fingerprint density at radius 1 is 1.20 bits per heavy atom. The molecule has 30 heavy (non-hydrogen) atoms. The van der Waals surface area contributed by atoms with Crippen molar-refractivity contribution >= 4 is 6.16 Å². The second-order valence-corrected chi connectivity index (χ2v) is 10.1. The highest BCUT2D eigenvalue weighted by molar-refractivity contribution is 5.60. The number of ether oxygens (including phenoxy) is 2. The fraction of sp³-hybridized carbons (Fsp3) is 0.731. The average molecular weight is 415 g/mol. The Kier molecular flexibility index (Phi) is 6.31. The van der Waals surface area contributed by atoms with Crippen molar-refractivity contribution in [2.45, 2.75) is 90.6 Å². The third-order valence-electron chi connectivity index (χ3n) is 8.53. The van der Waals surface area contributed by atoms with Crippen LogP contribution < -0.4 is 0 Å². The van der Waals surface area contributed by atoms with Gasteiger partial charge in [0.15, 0.2) is 0 Å². The van der Waals surface area contributed by atoms with Crippen LogP contribution in [0.3, 0.4) is 0 Å². The van der Waals surface area contributed by atoms with Crippen LogP contribution in [0.25, 0.3) is 0 Å². The zero-order valence-electron chi connectivity index (χ0n) is 18.9. The van der Waals surface area contributed by atoms with Gasteiger partial charge in [-0.25, -0.2) is 4.79 Å². The number of rotatable bonds is 6. The van der Waals surface area contributed by atoms with Crippen molar-refractivity contribution in [2.24, 2.45) is 23.2 Å². The van der Waals surface area contributed by atoms with Crippen molar-refractivity contribution < 1.29 is 19.4 Å². The van der Waals surface area contributed by atoms with Crippen LogP contribution in [0.1, 0.15) is 89.2 Å². The minimum absolute atomic E-state index is 0.0270. The third-order valence-corrected chi connectivity index (χ3v) is 8.53. The summed E-state index contributed by atoms with van der Waals surface area (Å²) < 4.78 is 11.3. The Labute approximate surface area is 181 Å². The van der Waals surface area contributed by atoms with Gasteiger partial charge in [0.1, 0.15) is 11.9 Å². The lowest BCUT2D eigenvalue weighted by Gasteiger charge is -2.53. The van der Waals surface area contributed by atoms with Gasteiger partial charge in [-0.3, -0.25) is 0 Å². The summed E-state index contributed by atoms with van der Waals surface area (Å²) in [6, 6.07) is 6.00. The first-order chi connectivity index (χ1) is 14.5. The summed E-state index contributed by atoms with van der Waals surface area (Å²) in [5.41, 5.74) is 2.84. The molecular formula is C26H38O4. The normalized spacial score (nSPS) is 34.6. The molecule has 0 saturated heterocycles. The molecule has 2 saturated carbocycles. The molecule has 1 aromatic carbocycles. The van der Waals surface area contributed by atoms with Crippen LogP contribution in [-0.4, -0.2) is 24.0 Å². The Bertz CT molecular complexity index is 759. The summed E-state index contributed by atoms with van der Waals surface area (Å²) >= 11 is 0. The minimum atomic E-state index is -0.475. The maximum absolute atomic E-state index is 12.3. The molecule has 0 spiro atoms. The standard InChI is InChI=1S/C26H38O4/c1-4-6-7-14-29-25(28)30-23-11-10-22-24-17(5-2)15-18-16-19(27)8-9-20(18)21(24)12-13-26(22,23)3/h8-9,16-17,21-24,27H,4-7,10-15H2,1-3H3/t17-,21?,22?,23-,24?,26-/m0/s1. The summed E-state index contributed by atoms with van der Waals surface area (Å²) in [6.45, 7) is 7.27. The van der Waals surface area contributed by atoms with Crippen molar-refractivity contribution in [3.05, 3.63) is 29.3 Å². The summed E-state index contributed by atoms with van der Waals surface area (Å²) in [5, 5.41) is 9.98. The van der Waals surface area contributed by atoms with E-state index < -0.39 is 6.16 Å². The molecule has 4 heteroatoms. The highest BCUT2D eigenvalue weighted by Gasteiger charge is 2.58. The van der Waals surface area contributed by atoms with Crippen LogP contribution in [-0.2, 0) is 15.9 Å². The first-order valence-corrected chi connectivity index (χ1v) is 12.1. The van der Waals surface area contributed by atoms with E-state index in [4.69, 9.17) is 9.47 Å². The molecule has 0 aliphatic heterocycles. The van der Waals surface area contributed by atoms with E-state index in [1.54, 1.807) is 0 Å². The molecule has 4 nitrogen and oxygen atoms in total. The number of hydrogen-bond acceptors (Lipinski definition) is 4. The van der Waals surface area contributed by atoms with Gasteiger partial charge in [-0.05, 0) is 85.5 Å². The molecule has 1 aromatic rings. The molecule has 3 aliphatic carbocycles. The SMILES string of the molecule is CCCCCOC(=O)O[C@H]1CCC2C3C(CC[C@@]21C)c1ccc(O)cc1C[C@@H]3CC. The molecule has 166 valence electrons. The molecular weight excluding hydrogens is 376 g/mol. The quantitative estimate of drug-likeness (QED) is 0.421. The predicted octanol–water partition coefficient (Wildman–Crippen LogP) is 6.60. The first kappa shape index (κ1) is 21.5. The monoisotopic (exact) mass is 414 g/mol. The Hall–Kier alpha value is -1.71. The highest BCUT2D eigenvalue weighted by Crippen LogP contribution is 2.63. The van der Waals surface area contributed by atoms with Gasteiger partial charge in [0.2, 0.25) is 0 Å². The lowest BCUT2D eigenvalue weighted by molar-refractivity contribution is -0.0635. The van der Waals surface area contributed by atoms with Gasteiger partial charge in [-0.1, -0.05) is 46.1 Å². The van der Waals surface area contributed by atoms with E-state index in [1.807, 2.05) is 12.1 Å². The molecule has 3 unspecified atom stereocenters. The van der Waals surface area contributed by atoms with Crippen molar-refractivity contribution in [3.63, 3.8) is 0 Å². The van der Waals surface area contributed by atoms with E-state index in [1.165, 1.54) is 11.1 Å². The molecule has 1 N–H and O–H groups in total. The number of hydrogen-bond donors (Lipinski definition) is 1. The Morgan fingerprint density at radius 3 is 2.80 bits per heavy atom. The van der Waals surface area contributed by atoms with Gasteiger partial charge < -0.3 is 14.6 Å². The van der Waals surface area contributed by atoms with Crippen molar-refractivity contribution in [2.75, 3.05) is 6.61 Å². The van der Waals surface area contributed by atoms with E-state index in [9.17, 15) is 9.90 Å². The number of benzene rings is 1. The van der Waals surface area contributed by atoms with Crippen LogP contribution in [0.2, 0.25) is 0 Å². The molecule has 0 radical (unpaired) electrons. The highest BCUT2D eigenvalue weighted by atomic mass is 16.7. The van der Waals surface area contributed by atoms with E-state index in [-0.39, 0.29) is 11.5 Å². The van der Waals surface area contributed by atoms with E-state index in [0.29, 0.717) is 36.0 Å². The zero-order chi connectivity index (χ0) is 21.3. The van der Waals surface area contributed by atoms with Crippen LogP contribution in [0, 0.1) is 23.2 Å². The number of carbonyl (C=O) groups excluding carboxylic acids is 1. The number of aromatic hydroxyl groups is 1. The maximum Gasteiger partial charge on any atom is 0.508 e. The second-order valence-electron chi connectivity index (χ2n) is 10.1. The first-order valence-electron chi connectivity index (χ1n) is 12.1. The summed E-state index contributed by atoms with van der Waals surface area (Å²) in [6.07, 6.45) is 9.13. The smallest absolute Gasteiger partial charge is 0.508 e. The summed E-state index contributed by atoms with van der Waals surface area (Å²) in [7, 11) is 0. The molecule has 0 bridgehead atoms. The van der Waals surface area contributed by atoms with Crippen LogP contribution >= 0.6 is 0 Å². The molecule has 0 heterocycles. The van der Waals surface area contributed by atoms with Gasteiger partial charge in [-0.15, -0.1) is 0 Å². The lowest BCUT2D eigenvalue weighted by atomic mass is 9.52. The Balaban J connectivity index is 1.49. The van der Waals surface area contributed by atoms with Gasteiger partial charge in [0.05, 0.1) is 6.61 Å². The van der Waals surface area contributed by atoms with Crippen molar-refractivity contribution in [1.29, 1.82) is 0 Å². The number of phenols is 1. The number of carbonyl (C=O) groups is 1. The van der Waals surface area contributed by atoms with Crippen LogP contribution in [0.5, 0.6) is 5.75 Å². The summed E-state index contributed by atoms with van der Waals surface area (Å²) in [4.78, 5) is 12.3. The molecule has 6 atom stereocenters. The molecule has 3 aliphatic rings. The maximum atomic E-state index is 12.3. The molecule has 4 rings (SSSR count). The van der Waals surface area contributed by atoms with E-state index in [0.717, 1.165) is 57.8 Å². The molecule has 0 amide bonds. The second kappa shape index (κ2) is 8.80. The average Bonchev–Trinajstić information content (AvgIpc) is 3.06. The van der Waals surface area contributed by atoms with E-state index >= 15 is 0 Å². The topological polar surface area (TPSA) is 55.8 Å². The fourth-order valence-electron chi connectivity index (χ4n) is 6.98. The number of fused-ring (bicyclic) bond motifs is 5. The zero-order valence-corrected chi connectivity index (χ0v) is 18.9. The minimum Gasteiger partial charge on any atom is -0.508 e. The predicted molar refractivity (Wildman–Crippen MR) is 118 cm³/mol. The lowest BCUT2D eigenvalue weighted by Crippen LogP contribution is -2.48. The van der Waals surface area contributed by atoms with Gasteiger partial charge in [0.25, 0.3) is 0 Å². The van der Waals surface area contributed by atoms with E-state index in [2.05, 4.69) is 26.8 Å². The number of phenolic OH excluding ortho intramolecular Hbond substituents is 1. The van der Waals surface area contributed by atoms with Gasteiger partial charge >= 0.3 is 6.16 Å². The van der Waals surface area contributed by atoms with Crippen molar-refractivity contribution in [3.8, 4) is 5.75 Å². The molecule has 2 fully saturated rings. The number of unbranched alkanes of at least 4 members (excludes halogenated alkanes) is 2. The largest absolute Gasteiger partial charge is 0.508 e. The van der Waals surface area contributed by atoms with Crippen LogP contribution in [0.4, 0.5) is 4.79 Å². The van der Waals surface area contributed by atoms with Crippen LogP contribution in [0.15, 0.2) is 18.2 Å². The summed E-state index contributed by atoms with van der Waals surface area (Å²) in [5.74, 6) is 2.81. The van der Waals surface area contributed by atoms with Crippen molar-refractivity contribution in [1.82, 2.24) is 0 Å².